The Morgan fingerprint density at radius 2 is 2.29 bits per heavy atom. The summed E-state index contributed by atoms with van der Waals surface area (Å²) >= 11 is 0. The molecule has 1 nitrogen and oxygen atoms in total. The van der Waals surface area contributed by atoms with E-state index in [4.69, 9.17) is 0 Å². The zero-order chi connectivity index (χ0) is 5.11. The molecule has 0 saturated carbocycles. The Labute approximate surface area is 45.3 Å². The summed E-state index contributed by atoms with van der Waals surface area (Å²) in [6, 6.07) is 0. The van der Waals surface area contributed by atoms with Gasteiger partial charge in [-0.2, -0.15) is 0 Å². The van der Waals surface area contributed by atoms with Crippen molar-refractivity contribution in [1.29, 1.82) is 0 Å². The van der Waals surface area contributed by atoms with Gasteiger partial charge in [-0.05, 0) is 26.4 Å². The van der Waals surface area contributed by atoms with Gasteiger partial charge in [-0.1, -0.05) is 6.42 Å². The van der Waals surface area contributed by atoms with E-state index in [0.29, 0.717) is 0 Å². The first kappa shape index (κ1) is 5.10. The lowest BCUT2D eigenvalue weighted by Gasteiger charge is -2.19. The first-order valence-corrected chi connectivity index (χ1v) is 2.84. The molecule has 0 spiro atoms. The molecule has 0 N–H and O–H groups in total. The van der Waals surface area contributed by atoms with Gasteiger partial charge in [0, 0.05) is 0 Å². The molecular formula is C6H11N. The monoisotopic (exact) mass is 97.1 g/mol. The molecule has 0 amide bonds. The summed E-state index contributed by atoms with van der Waals surface area (Å²) in [5.74, 6) is 0. The predicted octanol–water partition coefficient (Wildman–Crippen LogP) is 1.14. The first-order valence-electron chi connectivity index (χ1n) is 2.84. The van der Waals surface area contributed by atoms with E-state index in [1.165, 1.54) is 19.4 Å². The van der Waals surface area contributed by atoms with E-state index in [0.717, 1.165) is 6.42 Å². The van der Waals surface area contributed by atoms with E-state index < -0.39 is 0 Å². The highest BCUT2D eigenvalue weighted by atomic mass is 15.1. The summed E-state index contributed by atoms with van der Waals surface area (Å²) in [6.45, 7) is 4.42. The Balaban J connectivity index is 2.12. The fraction of sp³-hybridized carbons (Fsp3) is 0.833. The maximum atomic E-state index is 3.22. The van der Waals surface area contributed by atoms with Crippen LogP contribution in [0.4, 0.5) is 0 Å². The predicted molar refractivity (Wildman–Crippen MR) is 29.7 cm³/mol. The van der Waals surface area contributed by atoms with Crippen molar-refractivity contribution in [2.75, 3.05) is 13.6 Å². The second-order valence-electron chi connectivity index (χ2n) is 2.04. The molecule has 0 aromatic rings. The quantitative estimate of drug-likeness (QED) is 0.438. The van der Waals surface area contributed by atoms with Gasteiger partial charge in [0.15, 0.2) is 0 Å². The van der Waals surface area contributed by atoms with Crippen molar-refractivity contribution >= 4 is 0 Å². The highest BCUT2D eigenvalue weighted by Crippen LogP contribution is 2.08. The molecule has 0 aromatic heterocycles. The van der Waals surface area contributed by atoms with Crippen molar-refractivity contribution in [2.24, 2.45) is 0 Å². The Morgan fingerprint density at radius 3 is 2.57 bits per heavy atom. The molecule has 1 saturated heterocycles. The van der Waals surface area contributed by atoms with Gasteiger partial charge in [-0.3, -0.25) is 4.90 Å². The minimum atomic E-state index is 1.16. The topological polar surface area (TPSA) is 3.24 Å². The summed E-state index contributed by atoms with van der Waals surface area (Å²) in [6.07, 6.45) is 3.85. The van der Waals surface area contributed by atoms with Crippen molar-refractivity contribution < 1.29 is 0 Å². The van der Waals surface area contributed by atoms with Crippen molar-refractivity contribution in [3.05, 3.63) is 6.54 Å². The maximum Gasteiger partial charge on any atom is 0.0612 e. The van der Waals surface area contributed by atoms with Crippen LogP contribution in [0.3, 0.4) is 0 Å². The van der Waals surface area contributed by atoms with Gasteiger partial charge in [0.25, 0.3) is 0 Å². The lowest BCUT2D eigenvalue weighted by molar-refractivity contribution is 0.336. The average molecular weight is 97.2 g/mol. The van der Waals surface area contributed by atoms with Crippen LogP contribution in [0.1, 0.15) is 19.3 Å². The number of hydrogen-bond acceptors (Lipinski definition) is 1. The summed E-state index contributed by atoms with van der Waals surface area (Å²) < 4.78 is 0. The van der Waals surface area contributed by atoms with Gasteiger partial charge < -0.3 is 0 Å². The molecule has 2 radical (unpaired) electrons. The minimum absolute atomic E-state index is 1.16. The summed E-state index contributed by atoms with van der Waals surface area (Å²) in [5, 5.41) is 0. The second-order valence-corrected chi connectivity index (χ2v) is 2.04. The molecule has 1 heteroatoms. The highest BCUT2D eigenvalue weighted by Gasteiger charge is 2.03. The van der Waals surface area contributed by atoms with Crippen LogP contribution in [-0.2, 0) is 0 Å². The van der Waals surface area contributed by atoms with Crippen LogP contribution in [0.25, 0.3) is 0 Å². The zero-order valence-corrected chi connectivity index (χ0v) is 4.78. The van der Waals surface area contributed by atoms with Crippen LogP contribution in [0.2, 0.25) is 0 Å². The molecule has 0 unspecified atom stereocenters. The number of rotatable bonds is 0. The third-order valence-corrected chi connectivity index (χ3v) is 1.30. The summed E-state index contributed by atoms with van der Waals surface area (Å²) in [7, 11) is 2.08. The molecule has 0 bridgehead atoms. The van der Waals surface area contributed by atoms with Crippen LogP contribution >= 0.6 is 0 Å². The fourth-order valence-electron chi connectivity index (χ4n) is 0.823. The van der Waals surface area contributed by atoms with Gasteiger partial charge in [0.2, 0.25) is 0 Å². The maximum absolute atomic E-state index is 3.22. The van der Waals surface area contributed by atoms with Gasteiger partial charge in [0.1, 0.15) is 0 Å². The van der Waals surface area contributed by atoms with Gasteiger partial charge >= 0.3 is 0 Å². The van der Waals surface area contributed by atoms with Crippen molar-refractivity contribution in [3.8, 4) is 0 Å². The molecule has 40 valence electrons. The summed E-state index contributed by atoms with van der Waals surface area (Å²) in [5.41, 5.74) is 0. The number of nitrogens with zero attached hydrogens (tertiary/aromatic N) is 1. The fourth-order valence-corrected chi connectivity index (χ4v) is 0.823. The zero-order valence-electron chi connectivity index (χ0n) is 4.78. The Hall–Kier alpha value is -0.0400. The first-order chi connectivity index (χ1) is 3.39. The van der Waals surface area contributed by atoms with Crippen LogP contribution in [0, 0.1) is 6.54 Å². The molecular weight excluding hydrogens is 86.1 g/mol. The molecule has 0 aliphatic carbocycles. The average Bonchev–Trinajstić information content (AvgIpc) is 1.69. The number of hydrogen-bond donors (Lipinski definition) is 0. The molecule has 1 rings (SSSR count). The SMILES string of the molecule is CN1[C]CCCC1. The standard InChI is InChI=1S/C6H11N/c1-7-5-3-2-4-6-7/h2-5H2,1H3. The molecule has 0 aromatic carbocycles. The smallest absolute Gasteiger partial charge is 0.0612 e. The van der Waals surface area contributed by atoms with E-state index in [2.05, 4.69) is 18.5 Å². The highest BCUT2D eigenvalue weighted by molar-refractivity contribution is 4.69. The van der Waals surface area contributed by atoms with Crippen LogP contribution in [-0.4, -0.2) is 18.5 Å². The van der Waals surface area contributed by atoms with Crippen molar-refractivity contribution in [2.45, 2.75) is 19.3 Å². The van der Waals surface area contributed by atoms with Crippen LogP contribution in [0.5, 0.6) is 0 Å². The Morgan fingerprint density at radius 1 is 1.43 bits per heavy atom. The van der Waals surface area contributed by atoms with Crippen molar-refractivity contribution in [3.63, 3.8) is 0 Å². The Bertz CT molecular complexity index is 46.1. The van der Waals surface area contributed by atoms with E-state index in [1.807, 2.05) is 0 Å². The normalized spacial score (nSPS) is 25.3. The lowest BCUT2D eigenvalue weighted by Crippen LogP contribution is -2.20. The van der Waals surface area contributed by atoms with Gasteiger partial charge in [-0.15, -0.1) is 0 Å². The minimum Gasteiger partial charge on any atom is -0.297 e. The van der Waals surface area contributed by atoms with Gasteiger partial charge in [-0.25, -0.2) is 0 Å². The van der Waals surface area contributed by atoms with Crippen LogP contribution in [0.15, 0.2) is 0 Å². The van der Waals surface area contributed by atoms with E-state index >= 15 is 0 Å². The van der Waals surface area contributed by atoms with Gasteiger partial charge in [0.05, 0.1) is 6.54 Å². The molecule has 1 heterocycles. The van der Waals surface area contributed by atoms with Crippen molar-refractivity contribution in [1.82, 2.24) is 4.90 Å². The van der Waals surface area contributed by atoms with E-state index in [9.17, 15) is 0 Å². The number of piperidine rings is 1. The lowest BCUT2D eigenvalue weighted by atomic mass is 10.1. The summed E-state index contributed by atoms with van der Waals surface area (Å²) in [4.78, 5) is 2.14. The molecule has 1 aliphatic heterocycles. The third kappa shape index (κ3) is 1.48. The van der Waals surface area contributed by atoms with E-state index in [1.54, 1.807) is 0 Å². The largest absolute Gasteiger partial charge is 0.297 e. The molecule has 1 aliphatic rings. The molecule has 1 fully saturated rings. The molecule has 0 atom stereocenters. The Kier molecular flexibility index (Phi) is 1.69. The van der Waals surface area contributed by atoms with Crippen LogP contribution < -0.4 is 0 Å². The van der Waals surface area contributed by atoms with E-state index in [-0.39, 0.29) is 0 Å². The second kappa shape index (κ2) is 2.31. The number of likely N-dealkylation sites (tertiary alicyclic amines) is 1. The molecule has 7 heavy (non-hydrogen) atoms. The third-order valence-electron chi connectivity index (χ3n) is 1.30.